The molecule has 2 nitrogen and oxygen atoms in total. The zero-order chi connectivity index (χ0) is 10.2. The van der Waals surface area contributed by atoms with Crippen LogP contribution in [-0.4, -0.2) is 18.7 Å². The number of quaternary nitrogens is 1. The first-order valence-electron chi connectivity index (χ1n) is 5.28. The minimum Gasteiger partial charge on any atom is -0.628 e. The standard InChI is InChI=1S/C11H23NO/c1-4-5-6-7-8-9-10-11-12(2,3)13/h10-11H,4-9H2,1-3H3. The number of hydrogen-bond donors (Lipinski definition) is 0. The molecule has 0 aliphatic heterocycles. The van der Waals surface area contributed by atoms with E-state index in [4.69, 9.17) is 0 Å². The van der Waals surface area contributed by atoms with E-state index < -0.39 is 0 Å². The van der Waals surface area contributed by atoms with Crippen molar-refractivity contribution in [2.45, 2.75) is 45.4 Å². The lowest BCUT2D eigenvalue weighted by molar-refractivity contribution is -0.785. The largest absolute Gasteiger partial charge is 0.628 e. The zero-order valence-electron chi connectivity index (χ0n) is 9.25. The SMILES string of the molecule is CCCCCCCC=C[N+](C)(C)[O-]. The average Bonchev–Trinajstić information content (AvgIpc) is 2.01. The van der Waals surface area contributed by atoms with E-state index in [-0.39, 0.29) is 4.65 Å². The molecule has 0 aliphatic carbocycles. The predicted octanol–water partition coefficient (Wildman–Crippen LogP) is 3.43. The van der Waals surface area contributed by atoms with E-state index in [1.54, 1.807) is 20.3 Å². The quantitative estimate of drug-likeness (QED) is 0.338. The maximum Gasteiger partial charge on any atom is 0.0913 e. The molecule has 0 heterocycles. The molecule has 0 aromatic rings. The molecule has 0 aliphatic rings. The van der Waals surface area contributed by atoms with Crippen LogP contribution in [0.3, 0.4) is 0 Å². The Labute approximate surface area is 82.4 Å². The van der Waals surface area contributed by atoms with Crippen LogP contribution in [0.2, 0.25) is 0 Å². The van der Waals surface area contributed by atoms with Gasteiger partial charge in [0.1, 0.15) is 0 Å². The summed E-state index contributed by atoms with van der Waals surface area (Å²) in [5.41, 5.74) is 0. The molecule has 0 rings (SSSR count). The molecule has 0 saturated heterocycles. The van der Waals surface area contributed by atoms with E-state index in [1.807, 2.05) is 6.08 Å². The Hall–Kier alpha value is -0.340. The molecule has 78 valence electrons. The first-order chi connectivity index (χ1) is 6.06. The third-order valence-electron chi connectivity index (χ3n) is 1.94. The van der Waals surface area contributed by atoms with Crippen molar-refractivity contribution in [1.82, 2.24) is 0 Å². The number of hydroxylamine groups is 3. The Morgan fingerprint density at radius 3 is 2.23 bits per heavy atom. The lowest BCUT2D eigenvalue weighted by atomic mass is 10.1. The van der Waals surface area contributed by atoms with E-state index >= 15 is 0 Å². The van der Waals surface area contributed by atoms with Crippen LogP contribution in [0.25, 0.3) is 0 Å². The molecular formula is C11H23NO. The van der Waals surface area contributed by atoms with Gasteiger partial charge in [0.25, 0.3) is 0 Å². The van der Waals surface area contributed by atoms with Crippen LogP contribution in [0.15, 0.2) is 12.3 Å². The minimum atomic E-state index is -0.311. The Kier molecular flexibility index (Phi) is 6.92. The number of allylic oxidation sites excluding steroid dienone is 1. The molecule has 13 heavy (non-hydrogen) atoms. The molecule has 0 spiro atoms. The average molecular weight is 185 g/mol. The van der Waals surface area contributed by atoms with Gasteiger partial charge in [-0.2, -0.15) is 0 Å². The molecule has 0 unspecified atom stereocenters. The van der Waals surface area contributed by atoms with Crippen LogP contribution in [0.4, 0.5) is 0 Å². The molecule has 0 aromatic carbocycles. The van der Waals surface area contributed by atoms with Gasteiger partial charge in [-0.05, 0) is 18.9 Å². The molecule has 0 fully saturated rings. The van der Waals surface area contributed by atoms with Crippen molar-refractivity contribution in [3.63, 3.8) is 0 Å². The summed E-state index contributed by atoms with van der Waals surface area (Å²) in [4.78, 5) is 0. The predicted molar refractivity (Wildman–Crippen MR) is 58.0 cm³/mol. The highest BCUT2D eigenvalue weighted by Gasteiger charge is 1.92. The highest BCUT2D eigenvalue weighted by molar-refractivity contribution is 4.73. The van der Waals surface area contributed by atoms with Crippen molar-refractivity contribution in [3.8, 4) is 0 Å². The first-order valence-corrected chi connectivity index (χ1v) is 5.28. The monoisotopic (exact) mass is 185 g/mol. The topological polar surface area (TPSA) is 23.1 Å². The molecule has 0 aromatic heterocycles. The maximum absolute atomic E-state index is 11.1. The lowest BCUT2D eigenvalue weighted by Crippen LogP contribution is -2.23. The first kappa shape index (κ1) is 12.7. The summed E-state index contributed by atoms with van der Waals surface area (Å²) in [6.07, 6.45) is 11.2. The summed E-state index contributed by atoms with van der Waals surface area (Å²) >= 11 is 0. The van der Waals surface area contributed by atoms with Gasteiger partial charge in [-0.15, -0.1) is 0 Å². The van der Waals surface area contributed by atoms with E-state index in [1.165, 1.54) is 32.1 Å². The van der Waals surface area contributed by atoms with Crippen LogP contribution in [0.5, 0.6) is 0 Å². The number of nitrogens with zero attached hydrogens (tertiary/aromatic N) is 1. The van der Waals surface area contributed by atoms with E-state index in [0.29, 0.717) is 0 Å². The normalized spacial score (nSPS) is 12.6. The molecule has 0 amide bonds. The van der Waals surface area contributed by atoms with Crippen molar-refractivity contribution in [3.05, 3.63) is 17.5 Å². The Bertz CT molecular complexity index is 136. The second kappa shape index (κ2) is 7.10. The van der Waals surface area contributed by atoms with Gasteiger partial charge >= 0.3 is 0 Å². The highest BCUT2D eigenvalue weighted by Crippen LogP contribution is 2.06. The molecule has 2 heteroatoms. The summed E-state index contributed by atoms with van der Waals surface area (Å²) in [5.74, 6) is 0. The van der Waals surface area contributed by atoms with Gasteiger partial charge in [0, 0.05) is 0 Å². The van der Waals surface area contributed by atoms with Gasteiger partial charge in [-0.3, -0.25) is 0 Å². The van der Waals surface area contributed by atoms with Crippen LogP contribution >= 0.6 is 0 Å². The van der Waals surface area contributed by atoms with Gasteiger partial charge in [0.05, 0.1) is 20.3 Å². The molecule has 0 bridgehead atoms. The van der Waals surface area contributed by atoms with Crippen LogP contribution in [0.1, 0.15) is 45.4 Å². The second-order valence-corrected chi connectivity index (χ2v) is 4.02. The fourth-order valence-electron chi connectivity index (χ4n) is 1.19. The van der Waals surface area contributed by atoms with Crippen LogP contribution in [0, 0.1) is 5.21 Å². The van der Waals surface area contributed by atoms with Gasteiger partial charge in [0.2, 0.25) is 0 Å². The van der Waals surface area contributed by atoms with Crippen LogP contribution < -0.4 is 0 Å². The fourth-order valence-corrected chi connectivity index (χ4v) is 1.19. The van der Waals surface area contributed by atoms with Gasteiger partial charge < -0.3 is 9.85 Å². The van der Waals surface area contributed by atoms with Crippen molar-refractivity contribution < 1.29 is 4.65 Å². The maximum atomic E-state index is 11.1. The molecule has 0 radical (unpaired) electrons. The number of unbranched alkanes of at least 4 members (excludes halogenated alkanes) is 5. The van der Waals surface area contributed by atoms with E-state index in [0.717, 1.165) is 6.42 Å². The number of rotatable bonds is 7. The fraction of sp³-hybridized carbons (Fsp3) is 0.818. The van der Waals surface area contributed by atoms with Gasteiger partial charge in [0.15, 0.2) is 0 Å². The van der Waals surface area contributed by atoms with E-state index in [2.05, 4.69) is 6.92 Å². The summed E-state index contributed by atoms with van der Waals surface area (Å²) in [6, 6.07) is 0. The third kappa shape index (κ3) is 11.7. The minimum absolute atomic E-state index is 0.311. The van der Waals surface area contributed by atoms with Crippen molar-refractivity contribution in [2.24, 2.45) is 0 Å². The van der Waals surface area contributed by atoms with Crippen molar-refractivity contribution >= 4 is 0 Å². The lowest BCUT2D eigenvalue weighted by Gasteiger charge is -2.28. The van der Waals surface area contributed by atoms with Gasteiger partial charge in [-0.1, -0.05) is 32.6 Å². The Morgan fingerprint density at radius 1 is 1.08 bits per heavy atom. The number of hydrogen-bond acceptors (Lipinski definition) is 1. The second-order valence-electron chi connectivity index (χ2n) is 4.02. The van der Waals surface area contributed by atoms with Crippen molar-refractivity contribution in [2.75, 3.05) is 14.1 Å². The summed E-state index contributed by atoms with van der Waals surface area (Å²) in [7, 11) is 3.27. The smallest absolute Gasteiger partial charge is 0.0913 e. The van der Waals surface area contributed by atoms with Crippen LogP contribution in [-0.2, 0) is 0 Å². The molecule has 0 N–H and O–H groups in total. The summed E-state index contributed by atoms with van der Waals surface area (Å²) in [6.45, 7) is 2.22. The highest BCUT2D eigenvalue weighted by atomic mass is 16.5. The van der Waals surface area contributed by atoms with E-state index in [9.17, 15) is 5.21 Å². The summed E-state index contributed by atoms with van der Waals surface area (Å²) < 4.78 is -0.311. The van der Waals surface area contributed by atoms with Gasteiger partial charge in [-0.25, -0.2) is 0 Å². The Morgan fingerprint density at radius 2 is 1.69 bits per heavy atom. The zero-order valence-corrected chi connectivity index (χ0v) is 9.25. The van der Waals surface area contributed by atoms with Crippen molar-refractivity contribution in [1.29, 1.82) is 0 Å². The molecule has 0 saturated carbocycles. The third-order valence-corrected chi connectivity index (χ3v) is 1.94. The summed E-state index contributed by atoms with van der Waals surface area (Å²) in [5, 5.41) is 11.1. The molecular weight excluding hydrogens is 162 g/mol. The Balaban J connectivity index is 3.21. The molecule has 0 atom stereocenters.